The quantitative estimate of drug-likeness (QED) is 0.870. The van der Waals surface area contributed by atoms with Gasteiger partial charge in [0, 0.05) is 32.1 Å². The second-order valence-electron chi connectivity index (χ2n) is 6.53. The van der Waals surface area contributed by atoms with Crippen LogP contribution in [0.1, 0.15) is 44.3 Å². The Hall–Kier alpha value is -1.03. The summed E-state index contributed by atoms with van der Waals surface area (Å²) in [5.74, 6) is 1.83. The van der Waals surface area contributed by atoms with E-state index in [1.54, 1.807) is 8.61 Å². The number of aromatic nitrogens is 3. The van der Waals surface area contributed by atoms with Gasteiger partial charge in [0.25, 0.3) is 10.2 Å². The molecular weight excluding hydrogens is 318 g/mol. The van der Waals surface area contributed by atoms with E-state index in [1.165, 1.54) is 0 Å². The molecule has 0 amide bonds. The molecule has 2 fully saturated rings. The summed E-state index contributed by atoms with van der Waals surface area (Å²) in [7, 11) is -3.41. The van der Waals surface area contributed by atoms with Crippen LogP contribution in [0.2, 0.25) is 0 Å². The molecule has 0 bridgehead atoms. The molecule has 2 aliphatic heterocycles. The lowest BCUT2D eigenvalue weighted by Gasteiger charge is -2.39. The van der Waals surface area contributed by atoms with E-state index in [4.69, 9.17) is 4.74 Å². The second kappa shape index (κ2) is 6.46. The van der Waals surface area contributed by atoms with Gasteiger partial charge < -0.3 is 4.74 Å². The van der Waals surface area contributed by atoms with Gasteiger partial charge >= 0.3 is 0 Å². The number of piperidine rings is 1. The largest absolute Gasteiger partial charge is 0.373 e. The lowest BCUT2D eigenvalue weighted by Crippen LogP contribution is -2.54. The van der Waals surface area contributed by atoms with Gasteiger partial charge in [-0.25, -0.2) is 4.98 Å². The van der Waals surface area contributed by atoms with Crippen LogP contribution in [0, 0.1) is 6.92 Å². The number of hydrogen-bond donors (Lipinski definition) is 1. The molecule has 0 saturated carbocycles. The maximum absolute atomic E-state index is 12.8. The number of nitrogens with one attached hydrogen (secondary N) is 1. The molecule has 8 nitrogen and oxygen atoms in total. The monoisotopic (exact) mass is 343 g/mol. The predicted molar refractivity (Wildman–Crippen MR) is 85.2 cm³/mol. The maximum atomic E-state index is 12.8. The Morgan fingerprint density at radius 3 is 2.26 bits per heavy atom. The van der Waals surface area contributed by atoms with E-state index in [0.29, 0.717) is 26.2 Å². The number of rotatable bonds is 3. The predicted octanol–water partition coefficient (Wildman–Crippen LogP) is 0.647. The summed E-state index contributed by atoms with van der Waals surface area (Å²) in [5, 5.41) is 7.06. The molecule has 0 aliphatic carbocycles. The maximum Gasteiger partial charge on any atom is 0.282 e. The summed E-state index contributed by atoms with van der Waals surface area (Å²) in [6, 6.07) is 0. The minimum absolute atomic E-state index is 0.0673. The summed E-state index contributed by atoms with van der Waals surface area (Å²) in [6.07, 6.45) is 1.38. The summed E-state index contributed by atoms with van der Waals surface area (Å²) in [4.78, 5) is 4.37. The topological polar surface area (TPSA) is 91.4 Å². The molecule has 3 heterocycles. The highest BCUT2D eigenvalue weighted by atomic mass is 32.2. The molecule has 2 saturated heterocycles. The Morgan fingerprint density at radius 1 is 1.13 bits per heavy atom. The second-order valence-corrected chi connectivity index (χ2v) is 8.46. The van der Waals surface area contributed by atoms with Crippen molar-refractivity contribution in [2.24, 2.45) is 0 Å². The number of morpholine rings is 1. The lowest BCUT2D eigenvalue weighted by molar-refractivity contribution is -0.0456. The van der Waals surface area contributed by atoms with Crippen LogP contribution < -0.4 is 0 Å². The molecule has 2 aliphatic rings. The van der Waals surface area contributed by atoms with Crippen LogP contribution in [-0.4, -0.2) is 70.6 Å². The fraction of sp³-hybridized carbons (Fsp3) is 0.857. The molecule has 0 radical (unpaired) electrons. The Kier molecular flexibility index (Phi) is 4.73. The van der Waals surface area contributed by atoms with E-state index < -0.39 is 10.2 Å². The van der Waals surface area contributed by atoms with Crippen LogP contribution in [0.4, 0.5) is 0 Å². The highest BCUT2D eigenvalue weighted by Gasteiger charge is 2.37. The average Bonchev–Trinajstić information content (AvgIpc) is 2.93. The van der Waals surface area contributed by atoms with Crippen molar-refractivity contribution in [2.75, 3.05) is 26.2 Å². The van der Waals surface area contributed by atoms with Crippen molar-refractivity contribution < 1.29 is 13.2 Å². The van der Waals surface area contributed by atoms with Gasteiger partial charge in [-0.05, 0) is 33.6 Å². The third-order valence-electron chi connectivity index (χ3n) is 4.47. The molecule has 1 aromatic heterocycles. The Labute approximate surface area is 137 Å². The Balaban J connectivity index is 1.64. The van der Waals surface area contributed by atoms with Crippen molar-refractivity contribution in [1.82, 2.24) is 23.8 Å². The number of hydrogen-bond acceptors (Lipinski definition) is 5. The Bertz CT molecular complexity index is 629. The first kappa shape index (κ1) is 16.8. The smallest absolute Gasteiger partial charge is 0.282 e. The first-order valence-electron chi connectivity index (χ1n) is 8.16. The van der Waals surface area contributed by atoms with E-state index >= 15 is 0 Å². The molecule has 1 aromatic rings. The van der Waals surface area contributed by atoms with Gasteiger partial charge in [0.1, 0.15) is 5.82 Å². The SMILES string of the molecule is Cc1nc(C2CCN(S(=O)(=O)N3CC(C)OC(C)C3)CC2)n[nH]1. The fourth-order valence-electron chi connectivity index (χ4n) is 3.37. The third kappa shape index (κ3) is 3.57. The summed E-state index contributed by atoms with van der Waals surface area (Å²) >= 11 is 0. The van der Waals surface area contributed by atoms with Crippen LogP contribution in [0.25, 0.3) is 0 Å². The molecule has 2 unspecified atom stereocenters. The standard InChI is InChI=1S/C14H25N5O3S/c1-10-8-19(9-11(2)22-10)23(20,21)18-6-4-13(5-7-18)14-15-12(3)16-17-14/h10-11,13H,4-9H2,1-3H3,(H,15,16,17). The van der Waals surface area contributed by atoms with Gasteiger partial charge in [-0.15, -0.1) is 0 Å². The molecule has 2 atom stereocenters. The molecule has 0 aromatic carbocycles. The number of aryl methyl sites for hydroxylation is 1. The zero-order valence-corrected chi connectivity index (χ0v) is 14.7. The Morgan fingerprint density at radius 2 is 1.74 bits per heavy atom. The van der Waals surface area contributed by atoms with Gasteiger partial charge in [-0.2, -0.15) is 22.1 Å². The van der Waals surface area contributed by atoms with Gasteiger partial charge in [-0.3, -0.25) is 5.10 Å². The van der Waals surface area contributed by atoms with E-state index in [2.05, 4.69) is 15.2 Å². The van der Waals surface area contributed by atoms with Crippen LogP contribution >= 0.6 is 0 Å². The van der Waals surface area contributed by atoms with Gasteiger partial charge in [0.05, 0.1) is 12.2 Å². The summed E-state index contributed by atoms with van der Waals surface area (Å²) < 4.78 is 34.5. The number of H-pyrrole nitrogens is 1. The first-order valence-corrected chi connectivity index (χ1v) is 9.55. The zero-order chi connectivity index (χ0) is 16.6. The van der Waals surface area contributed by atoms with Crippen molar-refractivity contribution in [2.45, 2.75) is 51.7 Å². The zero-order valence-electron chi connectivity index (χ0n) is 13.9. The van der Waals surface area contributed by atoms with Crippen molar-refractivity contribution in [3.8, 4) is 0 Å². The van der Waals surface area contributed by atoms with Crippen LogP contribution in [0.5, 0.6) is 0 Å². The van der Waals surface area contributed by atoms with Crippen LogP contribution in [0.15, 0.2) is 0 Å². The van der Waals surface area contributed by atoms with Crippen molar-refractivity contribution in [3.05, 3.63) is 11.6 Å². The average molecular weight is 343 g/mol. The number of ether oxygens (including phenoxy) is 1. The number of aromatic amines is 1. The molecule has 0 spiro atoms. The van der Waals surface area contributed by atoms with Crippen LogP contribution in [-0.2, 0) is 14.9 Å². The highest BCUT2D eigenvalue weighted by molar-refractivity contribution is 7.86. The summed E-state index contributed by atoms with van der Waals surface area (Å²) in [5.41, 5.74) is 0. The summed E-state index contributed by atoms with van der Waals surface area (Å²) in [6.45, 7) is 7.57. The molecule has 1 N–H and O–H groups in total. The van der Waals surface area contributed by atoms with Crippen molar-refractivity contribution >= 4 is 10.2 Å². The van der Waals surface area contributed by atoms with E-state index in [1.807, 2.05) is 20.8 Å². The highest BCUT2D eigenvalue weighted by Crippen LogP contribution is 2.28. The molecular formula is C14H25N5O3S. The van der Waals surface area contributed by atoms with Gasteiger partial charge in [0.2, 0.25) is 0 Å². The molecule has 130 valence electrons. The molecule has 23 heavy (non-hydrogen) atoms. The molecule has 3 rings (SSSR count). The minimum atomic E-state index is -3.41. The van der Waals surface area contributed by atoms with E-state index in [-0.39, 0.29) is 18.1 Å². The minimum Gasteiger partial charge on any atom is -0.373 e. The fourth-order valence-corrected chi connectivity index (χ4v) is 5.17. The third-order valence-corrected chi connectivity index (χ3v) is 6.44. The van der Waals surface area contributed by atoms with E-state index in [9.17, 15) is 8.42 Å². The van der Waals surface area contributed by atoms with Crippen molar-refractivity contribution in [1.29, 1.82) is 0 Å². The van der Waals surface area contributed by atoms with Crippen molar-refractivity contribution in [3.63, 3.8) is 0 Å². The van der Waals surface area contributed by atoms with Gasteiger partial charge in [-0.1, -0.05) is 0 Å². The first-order chi connectivity index (χ1) is 10.9. The molecule has 9 heteroatoms. The van der Waals surface area contributed by atoms with Crippen LogP contribution in [0.3, 0.4) is 0 Å². The van der Waals surface area contributed by atoms with E-state index in [0.717, 1.165) is 24.5 Å². The lowest BCUT2D eigenvalue weighted by atomic mass is 9.98. The van der Waals surface area contributed by atoms with Gasteiger partial charge in [0.15, 0.2) is 5.82 Å². The number of nitrogens with zero attached hydrogens (tertiary/aromatic N) is 4. The normalized spacial score (nSPS) is 29.0.